The molecule has 0 heterocycles. The minimum Gasteiger partial charge on any atom is -0.351 e. The maximum Gasteiger partial charge on any atom is 0.269 e. The van der Waals surface area contributed by atoms with Crippen LogP contribution in [0, 0.1) is 15.9 Å². The van der Waals surface area contributed by atoms with Crippen molar-refractivity contribution in [2.75, 3.05) is 6.54 Å². The Kier molecular flexibility index (Phi) is 7.38. The highest BCUT2D eigenvalue weighted by Gasteiger charge is 2.16. The number of nitro groups is 1. The fourth-order valence-electron chi connectivity index (χ4n) is 2.31. The molecule has 2 N–H and O–H groups in total. The molecule has 0 aliphatic carbocycles. The highest BCUT2D eigenvalue weighted by Crippen LogP contribution is 2.14. The van der Waals surface area contributed by atoms with Crippen molar-refractivity contribution in [2.24, 2.45) is 0 Å². The van der Waals surface area contributed by atoms with Gasteiger partial charge in [-0.3, -0.25) is 19.7 Å². The molecular weight excluding hydrogens is 365 g/mol. The van der Waals surface area contributed by atoms with Gasteiger partial charge in [-0.05, 0) is 30.7 Å². The predicted octanol–water partition coefficient (Wildman–Crippen LogP) is 3.42. The average molecular weight is 385 g/mol. The van der Waals surface area contributed by atoms with Gasteiger partial charge in [0.2, 0.25) is 0 Å². The first-order valence-corrected chi connectivity index (χ1v) is 8.72. The SMILES string of the molecule is CCCCNC(=O)/C(=C\c1ccccc1F)NC(=O)c1ccc([N+](=O)[O-])cc1. The molecule has 0 saturated carbocycles. The summed E-state index contributed by atoms with van der Waals surface area (Å²) in [6, 6.07) is 10.8. The Hall–Kier alpha value is -3.55. The molecule has 0 unspecified atom stereocenters. The van der Waals surface area contributed by atoms with Crippen LogP contribution >= 0.6 is 0 Å². The summed E-state index contributed by atoms with van der Waals surface area (Å²) in [5.41, 5.74) is -0.000862. The molecule has 0 spiro atoms. The van der Waals surface area contributed by atoms with Crippen LogP contribution in [0.4, 0.5) is 10.1 Å². The van der Waals surface area contributed by atoms with E-state index in [2.05, 4.69) is 10.6 Å². The van der Waals surface area contributed by atoms with Crippen LogP contribution in [0.3, 0.4) is 0 Å². The van der Waals surface area contributed by atoms with Gasteiger partial charge in [-0.1, -0.05) is 31.5 Å². The molecule has 0 aliphatic rings. The summed E-state index contributed by atoms with van der Waals surface area (Å²) in [7, 11) is 0. The van der Waals surface area contributed by atoms with E-state index in [1.807, 2.05) is 6.92 Å². The molecule has 0 fully saturated rings. The smallest absolute Gasteiger partial charge is 0.269 e. The standard InChI is InChI=1S/C20H20FN3O4/c1-2-3-12-22-20(26)18(13-15-6-4-5-7-17(15)21)23-19(25)14-8-10-16(11-9-14)24(27)28/h4-11,13H,2-3,12H2,1H3,(H,22,26)(H,23,25)/b18-13+. The van der Waals surface area contributed by atoms with Crippen LogP contribution in [0.15, 0.2) is 54.2 Å². The second-order valence-electron chi connectivity index (χ2n) is 5.95. The molecule has 0 bridgehead atoms. The third-order valence-electron chi connectivity index (χ3n) is 3.85. The fourth-order valence-corrected chi connectivity index (χ4v) is 2.31. The van der Waals surface area contributed by atoms with Crippen molar-refractivity contribution >= 4 is 23.6 Å². The van der Waals surface area contributed by atoms with E-state index in [-0.39, 0.29) is 22.5 Å². The lowest BCUT2D eigenvalue weighted by Gasteiger charge is -2.11. The van der Waals surface area contributed by atoms with Gasteiger partial charge in [0.05, 0.1) is 4.92 Å². The summed E-state index contributed by atoms with van der Waals surface area (Å²) >= 11 is 0. The average Bonchev–Trinajstić information content (AvgIpc) is 2.69. The number of unbranched alkanes of at least 4 members (excludes halogenated alkanes) is 1. The van der Waals surface area contributed by atoms with Crippen LogP contribution in [-0.2, 0) is 4.79 Å². The first kappa shape index (κ1) is 20.8. The molecule has 8 heteroatoms. The zero-order chi connectivity index (χ0) is 20.5. The second kappa shape index (κ2) is 9.96. The Morgan fingerprint density at radius 3 is 2.43 bits per heavy atom. The molecule has 0 aliphatic heterocycles. The van der Waals surface area contributed by atoms with E-state index in [1.165, 1.54) is 48.5 Å². The van der Waals surface area contributed by atoms with Gasteiger partial charge in [0.15, 0.2) is 0 Å². The van der Waals surface area contributed by atoms with Crippen molar-refractivity contribution in [3.8, 4) is 0 Å². The Morgan fingerprint density at radius 2 is 1.82 bits per heavy atom. The lowest BCUT2D eigenvalue weighted by molar-refractivity contribution is -0.384. The molecule has 0 saturated heterocycles. The lowest BCUT2D eigenvalue weighted by atomic mass is 10.1. The summed E-state index contributed by atoms with van der Waals surface area (Å²) in [4.78, 5) is 35.0. The second-order valence-corrected chi connectivity index (χ2v) is 5.95. The summed E-state index contributed by atoms with van der Waals surface area (Å²) in [5, 5.41) is 15.8. The van der Waals surface area contributed by atoms with Crippen molar-refractivity contribution in [1.29, 1.82) is 0 Å². The van der Waals surface area contributed by atoms with E-state index in [9.17, 15) is 24.1 Å². The number of carbonyl (C=O) groups excluding carboxylic acids is 2. The number of nitrogens with zero attached hydrogens (tertiary/aromatic N) is 1. The number of hydrogen-bond donors (Lipinski definition) is 2. The van der Waals surface area contributed by atoms with Crippen LogP contribution in [0.1, 0.15) is 35.7 Å². The number of carbonyl (C=O) groups is 2. The number of amides is 2. The van der Waals surface area contributed by atoms with Crippen LogP contribution in [-0.4, -0.2) is 23.3 Å². The predicted molar refractivity (Wildman–Crippen MR) is 103 cm³/mol. The topological polar surface area (TPSA) is 101 Å². The van der Waals surface area contributed by atoms with Gasteiger partial charge in [-0.15, -0.1) is 0 Å². The van der Waals surface area contributed by atoms with Gasteiger partial charge in [-0.2, -0.15) is 0 Å². The van der Waals surface area contributed by atoms with Crippen LogP contribution in [0.2, 0.25) is 0 Å². The van der Waals surface area contributed by atoms with E-state index < -0.39 is 22.6 Å². The maximum atomic E-state index is 13.9. The molecule has 2 aromatic carbocycles. The molecule has 0 radical (unpaired) electrons. The maximum absolute atomic E-state index is 13.9. The third-order valence-corrected chi connectivity index (χ3v) is 3.85. The van der Waals surface area contributed by atoms with Crippen LogP contribution in [0.5, 0.6) is 0 Å². The highest BCUT2D eigenvalue weighted by molar-refractivity contribution is 6.05. The molecule has 2 aromatic rings. The van der Waals surface area contributed by atoms with E-state index >= 15 is 0 Å². The Balaban J connectivity index is 2.25. The number of nitro benzene ring substituents is 1. The zero-order valence-electron chi connectivity index (χ0n) is 15.3. The highest BCUT2D eigenvalue weighted by atomic mass is 19.1. The largest absolute Gasteiger partial charge is 0.351 e. The monoisotopic (exact) mass is 385 g/mol. The Labute approximate surface area is 161 Å². The number of rotatable bonds is 8. The minimum atomic E-state index is -0.636. The minimum absolute atomic E-state index is 0.121. The van der Waals surface area contributed by atoms with Gasteiger partial charge >= 0.3 is 0 Å². The number of hydrogen-bond acceptors (Lipinski definition) is 4. The van der Waals surface area contributed by atoms with Gasteiger partial charge in [-0.25, -0.2) is 4.39 Å². The van der Waals surface area contributed by atoms with Crippen molar-refractivity contribution < 1.29 is 18.9 Å². The molecule has 2 rings (SSSR count). The summed E-state index contributed by atoms with van der Waals surface area (Å²) < 4.78 is 13.9. The van der Waals surface area contributed by atoms with Gasteiger partial charge in [0.1, 0.15) is 11.5 Å². The third kappa shape index (κ3) is 5.73. The molecule has 28 heavy (non-hydrogen) atoms. The number of halogens is 1. The van der Waals surface area contributed by atoms with Crippen LogP contribution < -0.4 is 10.6 Å². The first-order chi connectivity index (χ1) is 13.4. The summed E-state index contributed by atoms with van der Waals surface area (Å²) in [6.45, 7) is 2.38. The number of benzene rings is 2. The molecule has 0 aromatic heterocycles. The van der Waals surface area contributed by atoms with Gasteiger partial charge in [0, 0.05) is 29.8 Å². The van der Waals surface area contributed by atoms with Gasteiger partial charge in [0.25, 0.3) is 17.5 Å². The number of non-ortho nitro benzene ring substituents is 1. The molecule has 146 valence electrons. The lowest BCUT2D eigenvalue weighted by Crippen LogP contribution is -2.35. The van der Waals surface area contributed by atoms with Crippen LogP contribution in [0.25, 0.3) is 6.08 Å². The zero-order valence-corrected chi connectivity index (χ0v) is 15.3. The van der Waals surface area contributed by atoms with E-state index in [0.29, 0.717) is 6.54 Å². The first-order valence-electron chi connectivity index (χ1n) is 8.72. The quantitative estimate of drug-likeness (QED) is 0.315. The molecule has 0 atom stereocenters. The van der Waals surface area contributed by atoms with E-state index in [1.54, 1.807) is 6.07 Å². The summed E-state index contributed by atoms with van der Waals surface area (Å²) in [5.74, 6) is -1.72. The fraction of sp³-hybridized carbons (Fsp3) is 0.200. The Morgan fingerprint density at radius 1 is 1.14 bits per heavy atom. The molecule has 7 nitrogen and oxygen atoms in total. The summed E-state index contributed by atoms with van der Waals surface area (Å²) in [6.07, 6.45) is 2.89. The van der Waals surface area contributed by atoms with Crippen molar-refractivity contribution in [1.82, 2.24) is 10.6 Å². The van der Waals surface area contributed by atoms with Crippen molar-refractivity contribution in [2.45, 2.75) is 19.8 Å². The van der Waals surface area contributed by atoms with E-state index in [0.717, 1.165) is 12.8 Å². The normalized spacial score (nSPS) is 11.0. The van der Waals surface area contributed by atoms with E-state index in [4.69, 9.17) is 0 Å². The van der Waals surface area contributed by atoms with Crippen molar-refractivity contribution in [3.63, 3.8) is 0 Å². The molecule has 2 amide bonds. The molecular formula is C20H20FN3O4. The van der Waals surface area contributed by atoms with Gasteiger partial charge < -0.3 is 10.6 Å². The Bertz CT molecular complexity index is 895. The van der Waals surface area contributed by atoms with Crippen molar-refractivity contribution in [3.05, 3.63) is 81.3 Å². The number of nitrogens with one attached hydrogen (secondary N) is 2.